The zero-order valence-corrected chi connectivity index (χ0v) is 10.9. The summed E-state index contributed by atoms with van der Waals surface area (Å²) in [7, 11) is 0. The summed E-state index contributed by atoms with van der Waals surface area (Å²) in [6, 6.07) is 7.01. The highest BCUT2D eigenvalue weighted by atomic mass is 32.1. The number of ether oxygens (including phenoxy) is 1. The standard InChI is InChI=1S/C13H13NO3S/c1-8(2)17-9-3-4-10(14-7-9)11-5-6-12(18-11)13(15)16/h3-8H,1-2H3,(H,15,16). The van der Waals surface area contributed by atoms with E-state index in [1.165, 1.54) is 11.3 Å². The number of pyridine rings is 1. The van der Waals surface area contributed by atoms with Crippen LogP contribution in [0.15, 0.2) is 30.5 Å². The van der Waals surface area contributed by atoms with Crippen molar-refractivity contribution in [1.29, 1.82) is 0 Å². The van der Waals surface area contributed by atoms with E-state index in [0.717, 1.165) is 10.6 Å². The van der Waals surface area contributed by atoms with Crippen molar-refractivity contribution < 1.29 is 14.6 Å². The summed E-state index contributed by atoms with van der Waals surface area (Å²) in [6.07, 6.45) is 1.76. The summed E-state index contributed by atoms with van der Waals surface area (Å²) in [5.41, 5.74) is 0.753. The van der Waals surface area contributed by atoms with Crippen molar-refractivity contribution in [2.75, 3.05) is 0 Å². The van der Waals surface area contributed by atoms with Gasteiger partial charge in [-0.2, -0.15) is 0 Å². The lowest BCUT2D eigenvalue weighted by Gasteiger charge is -2.08. The third kappa shape index (κ3) is 2.87. The van der Waals surface area contributed by atoms with Crippen LogP contribution in [0.3, 0.4) is 0 Å². The minimum absolute atomic E-state index is 0.109. The third-order valence-electron chi connectivity index (χ3n) is 2.18. The second-order valence-corrected chi connectivity index (χ2v) is 5.10. The molecule has 0 aliphatic carbocycles. The van der Waals surface area contributed by atoms with E-state index in [9.17, 15) is 4.79 Å². The van der Waals surface area contributed by atoms with E-state index in [1.807, 2.05) is 26.0 Å². The molecule has 0 aliphatic rings. The van der Waals surface area contributed by atoms with Crippen LogP contribution < -0.4 is 4.74 Å². The predicted octanol–water partition coefficient (Wildman–Crippen LogP) is 3.30. The highest BCUT2D eigenvalue weighted by Crippen LogP contribution is 2.27. The van der Waals surface area contributed by atoms with E-state index in [2.05, 4.69) is 4.98 Å². The van der Waals surface area contributed by atoms with E-state index in [-0.39, 0.29) is 6.10 Å². The van der Waals surface area contributed by atoms with Gasteiger partial charge in [0.25, 0.3) is 0 Å². The van der Waals surface area contributed by atoms with Crippen molar-refractivity contribution in [2.24, 2.45) is 0 Å². The maximum atomic E-state index is 10.8. The Morgan fingerprint density at radius 3 is 2.61 bits per heavy atom. The molecule has 18 heavy (non-hydrogen) atoms. The number of nitrogens with zero attached hydrogens (tertiary/aromatic N) is 1. The van der Waals surface area contributed by atoms with Gasteiger partial charge in [-0.3, -0.25) is 4.98 Å². The lowest BCUT2D eigenvalue weighted by atomic mass is 10.3. The fraction of sp³-hybridized carbons (Fsp3) is 0.231. The van der Waals surface area contributed by atoms with Crippen LogP contribution in [0, 0.1) is 0 Å². The molecule has 4 nitrogen and oxygen atoms in total. The van der Waals surface area contributed by atoms with Crippen molar-refractivity contribution in [3.63, 3.8) is 0 Å². The summed E-state index contributed by atoms with van der Waals surface area (Å²) in [6.45, 7) is 3.90. The maximum absolute atomic E-state index is 10.8. The van der Waals surface area contributed by atoms with Crippen LogP contribution in [0.4, 0.5) is 0 Å². The summed E-state index contributed by atoms with van der Waals surface area (Å²) in [5.74, 6) is -0.199. The smallest absolute Gasteiger partial charge is 0.345 e. The van der Waals surface area contributed by atoms with Crippen molar-refractivity contribution >= 4 is 17.3 Å². The number of rotatable bonds is 4. The molecule has 2 rings (SSSR count). The SMILES string of the molecule is CC(C)Oc1ccc(-c2ccc(C(=O)O)s2)nc1. The van der Waals surface area contributed by atoms with Crippen LogP contribution in [-0.2, 0) is 0 Å². The van der Waals surface area contributed by atoms with Gasteiger partial charge in [0, 0.05) is 0 Å². The monoisotopic (exact) mass is 263 g/mol. The summed E-state index contributed by atoms with van der Waals surface area (Å²) < 4.78 is 5.50. The van der Waals surface area contributed by atoms with E-state index in [0.29, 0.717) is 10.6 Å². The first-order chi connectivity index (χ1) is 8.56. The van der Waals surface area contributed by atoms with Crippen LogP contribution >= 0.6 is 11.3 Å². The average Bonchev–Trinajstić information content (AvgIpc) is 2.78. The Morgan fingerprint density at radius 2 is 2.11 bits per heavy atom. The van der Waals surface area contributed by atoms with Crippen LogP contribution in [0.2, 0.25) is 0 Å². The molecule has 0 fully saturated rings. The average molecular weight is 263 g/mol. The van der Waals surface area contributed by atoms with Gasteiger partial charge in [0.05, 0.1) is 22.9 Å². The minimum atomic E-state index is -0.911. The predicted molar refractivity (Wildman–Crippen MR) is 70.3 cm³/mol. The molecule has 1 N–H and O–H groups in total. The number of thiophene rings is 1. The van der Waals surface area contributed by atoms with E-state index < -0.39 is 5.97 Å². The fourth-order valence-electron chi connectivity index (χ4n) is 1.46. The summed E-state index contributed by atoms with van der Waals surface area (Å²) >= 11 is 1.21. The number of carbonyl (C=O) groups is 1. The number of carboxylic acid groups (broad SMARTS) is 1. The number of carboxylic acids is 1. The van der Waals surface area contributed by atoms with E-state index in [4.69, 9.17) is 9.84 Å². The molecule has 0 atom stereocenters. The maximum Gasteiger partial charge on any atom is 0.345 e. The quantitative estimate of drug-likeness (QED) is 0.919. The fourth-order valence-corrected chi connectivity index (χ4v) is 2.28. The van der Waals surface area contributed by atoms with Gasteiger partial charge in [-0.1, -0.05) is 0 Å². The summed E-state index contributed by atoms with van der Waals surface area (Å²) in [5, 5.41) is 8.86. The van der Waals surface area contributed by atoms with Crippen molar-refractivity contribution in [2.45, 2.75) is 20.0 Å². The van der Waals surface area contributed by atoms with Gasteiger partial charge >= 0.3 is 5.97 Å². The Balaban J connectivity index is 2.20. The van der Waals surface area contributed by atoms with Crippen molar-refractivity contribution in [3.8, 4) is 16.3 Å². The van der Waals surface area contributed by atoms with Gasteiger partial charge in [-0.25, -0.2) is 4.79 Å². The molecule has 0 bridgehead atoms. The first-order valence-corrected chi connectivity index (χ1v) is 6.34. The first kappa shape index (κ1) is 12.6. The van der Waals surface area contributed by atoms with Crippen LogP contribution in [0.25, 0.3) is 10.6 Å². The molecule has 0 aliphatic heterocycles. The number of hydrogen-bond acceptors (Lipinski definition) is 4. The largest absolute Gasteiger partial charge is 0.489 e. The Hall–Kier alpha value is -1.88. The van der Waals surface area contributed by atoms with E-state index in [1.54, 1.807) is 18.3 Å². The van der Waals surface area contributed by atoms with Gasteiger partial charge in [0.1, 0.15) is 10.6 Å². The second kappa shape index (κ2) is 5.18. The third-order valence-corrected chi connectivity index (χ3v) is 3.27. The molecule has 2 aromatic rings. The van der Waals surface area contributed by atoms with Gasteiger partial charge in [0.2, 0.25) is 0 Å². The molecule has 2 aromatic heterocycles. The Bertz CT molecular complexity index is 546. The molecule has 0 saturated carbocycles. The molecule has 0 spiro atoms. The first-order valence-electron chi connectivity index (χ1n) is 5.52. The Morgan fingerprint density at radius 1 is 1.33 bits per heavy atom. The van der Waals surface area contributed by atoms with Crippen molar-refractivity contribution in [3.05, 3.63) is 35.3 Å². The molecule has 0 amide bonds. The van der Waals surface area contributed by atoms with Gasteiger partial charge in [-0.15, -0.1) is 11.3 Å². The number of aromatic carboxylic acids is 1. The topological polar surface area (TPSA) is 59.4 Å². The molecule has 0 radical (unpaired) electrons. The van der Waals surface area contributed by atoms with Gasteiger partial charge in [0.15, 0.2) is 0 Å². The lowest BCUT2D eigenvalue weighted by Crippen LogP contribution is -2.05. The van der Waals surface area contributed by atoms with Gasteiger partial charge < -0.3 is 9.84 Å². The molecule has 2 heterocycles. The summed E-state index contributed by atoms with van der Waals surface area (Å²) in [4.78, 5) is 16.2. The lowest BCUT2D eigenvalue weighted by molar-refractivity contribution is 0.0702. The van der Waals surface area contributed by atoms with E-state index >= 15 is 0 Å². The molecule has 94 valence electrons. The normalized spacial score (nSPS) is 10.6. The highest BCUT2D eigenvalue weighted by Gasteiger charge is 2.09. The molecule has 0 unspecified atom stereocenters. The second-order valence-electron chi connectivity index (χ2n) is 4.01. The zero-order chi connectivity index (χ0) is 13.1. The molecular formula is C13H13NO3S. The molecule has 0 aromatic carbocycles. The molecular weight excluding hydrogens is 250 g/mol. The number of aromatic nitrogens is 1. The van der Waals surface area contributed by atoms with Crippen LogP contribution in [-0.4, -0.2) is 22.2 Å². The zero-order valence-electron chi connectivity index (χ0n) is 10.1. The van der Waals surface area contributed by atoms with Gasteiger partial charge in [-0.05, 0) is 38.1 Å². The molecule has 0 saturated heterocycles. The van der Waals surface area contributed by atoms with Crippen LogP contribution in [0.5, 0.6) is 5.75 Å². The molecule has 5 heteroatoms. The highest BCUT2D eigenvalue weighted by molar-refractivity contribution is 7.17. The Labute approximate surface area is 109 Å². The minimum Gasteiger partial charge on any atom is -0.489 e. The van der Waals surface area contributed by atoms with Crippen molar-refractivity contribution in [1.82, 2.24) is 4.98 Å². The number of hydrogen-bond donors (Lipinski definition) is 1. The van der Waals surface area contributed by atoms with Crippen LogP contribution in [0.1, 0.15) is 23.5 Å². The Kier molecular flexibility index (Phi) is 3.62.